The third-order valence-electron chi connectivity index (χ3n) is 1.11. The maximum atomic E-state index is 5.01. The van der Waals surface area contributed by atoms with E-state index in [4.69, 9.17) is 4.74 Å². The van der Waals surface area contributed by atoms with Crippen molar-refractivity contribution in [2.45, 2.75) is 0 Å². The van der Waals surface area contributed by atoms with Crippen LogP contribution < -0.4 is 8.27 Å². The summed E-state index contributed by atoms with van der Waals surface area (Å²) < 4.78 is 7.96. The van der Waals surface area contributed by atoms with Crippen LogP contribution in [0.15, 0.2) is 18.5 Å². The number of methoxy groups -OCH3 is 1. The lowest BCUT2D eigenvalue weighted by atomic mass is 10.4. The number of rotatable bonds is 2. The van der Waals surface area contributed by atoms with E-state index in [9.17, 15) is 0 Å². The minimum Gasteiger partial charge on any atom is -0.493 e. The molecular weight excluding hydrogens is 243 g/mol. The number of anilines is 1. The molecule has 10 heavy (non-hydrogen) atoms. The lowest BCUT2D eigenvalue weighted by Crippen LogP contribution is -1.88. The predicted octanol–water partition coefficient (Wildman–Crippen LogP) is 1.85. The summed E-state index contributed by atoms with van der Waals surface area (Å²) in [7, 11) is 1.62. The van der Waals surface area contributed by atoms with Crippen molar-refractivity contribution in [3.8, 4) is 5.75 Å². The number of ether oxygens (including phenoxy) is 1. The maximum absolute atomic E-state index is 5.01. The summed E-state index contributed by atoms with van der Waals surface area (Å²) in [4.78, 5) is 3.90. The molecule has 1 heterocycles. The first kappa shape index (κ1) is 7.59. The first-order chi connectivity index (χ1) is 4.88. The average Bonchev–Trinajstić information content (AvgIpc) is 2.04. The molecule has 0 saturated carbocycles. The second-order valence-corrected chi connectivity index (χ2v) is 2.21. The van der Waals surface area contributed by atoms with Gasteiger partial charge in [0.15, 0.2) is 5.75 Å². The Labute approximate surface area is 73.3 Å². The van der Waals surface area contributed by atoms with Gasteiger partial charge < -0.3 is 8.27 Å². The zero-order chi connectivity index (χ0) is 7.40. The van der Waals surface area contributed by atoms with Gasteiger partial charge in [-0.15, -0.1) is 0 Å². The van der Waals surface area contributed by atoms with Crippen molar-refractivity contribution in [1.82, 2.24) is 4.98 Å². The standard InChI is InChI=1S/C6H7IN2O/c1-10-6-4-8-3-2-5(6)9-7/h2-4H,1H3,(H,8,9). The average molecular weight is 250 g/mol. The van der Waals surface area contributed by atoms with Gasteiger partial charge in [0.2, 0.25) is 0 Å². The van der Waals surface area contributed by atoms with Crippen molar-refractivity contribution < 1.29 is 4.74 Å². The van der Waals surface area contributed by atoms with Crippen LogP contribution in [0.3, 0.4) is 0 Å². The summed E-state index contributed by atoms with van der Waals surface area (Å²) in [5.41, 5.74) is 0.943. The first-order valence-electron chi connectivity index (χ1n) is 2.73. The molecule has 0 saturated heterocycles. The number of hydrogen-bond acceptors (Lipinski definition) is 3. The van der Waals surface area contributed by atoms with Crippen LogP contribution in [0.4, 0.5) is 5.69 Å². The molecule has 0 unspecified atom stereocenters. The number of pyridine rings is 1. The number of hydrogen-bond donors (Lipinski definition) is 1. The van der Waals surface area contributed by atoms with Crippen molar-refractivity contribution >= 4 is 28.6 Å². The number of nitrogens with one attached hydrogen (secondary N) is 1. The first-order valence-corrected chi connectivity index (χ1v) is 3.81. The molecule has 0 bridgehead atoms. The van der Waals surface area contributed by atoms with E-state index in [1.165, 1.54) is 0 Å². The van der Waals surface area contributed by atoms with E-state index in [-0.39, 0.29) is 0 Å². The highest BCUT2D eigenvalue weighted by atomic mass is 127. The van der Waals surface area contributed by atoms with E-state index in [0.29, 0.717) is 0 Å². The molecule has 4 heteroatoms. The summed E-state index contributed by atoms with van der Waals surface area (Å²) in [6.45, 7) is 0. The Morgan fingerprint density at radius 1 is 1.70 bits per heavy atom. The van der Waals surface area contributed by atoms with Crippen LogP contribution in [-0.2, 0) is 0 Å². The van der Waals surface area contributed by atoms with Gasteiger partial charge in [-0.25, -0.2) is 0 Å². The fourth-order valence-electron chi connectivity index (χ4n) is 0.621. The summed E-state index contributed by atoms with van der Waals surface area (Å²) >= 11 is 2.04. The molecule has 1 rings (SSSR count). The van der Waals surface area contributed by atoms with Crippen LogP contribution in [0, 0.1) is 0 Å². The summed E-state index contributed by atoms with van der Waals surface area (Å²) in [5, 5.41) is 0. The fourth-order valence-corrected chi connectivity index (χ4v) is 1.07. The van der Waals surface area contributed by atoms with Crippen molar-refractivity contribution in [2.24, 2.45) is 0 Å². The van der Waals surface area contributed by atoms with Crippen molar-refractivity contribution in [1.29, 1.82) is 0 Å². The van der Waals surface area contributed by atoms with Crippen molar-refractivity contribution in [3.63, 3.8) is 0 Å². The monoisotopic (exact) mass is 250 g/mol. The van der Waals surface area contributed by atoms with Gasteiger partial charge >= 0.3 is 0 Å². The normalized spacial score (nSPS) is 9.00. The fraction of sp³-hybridized carbons (Fsp3) is 0.167. The maximum Gasteiger partial charge on any atom is 0.160 e. The lowest BCUT2D eigenvalue weighted by Gasteiger charge is -2.03. The molecule has 0 atom stereocenters. The quantitative estimate of drug-likeness (QED) is 0.642. The van der Waals surface area contributed by atoms with Crippen LogP contribution >= 0.6 is 22.9 Å². The molecule has 54 valence electrons. The molecule has 0 amide bonds. The number of halogens is 1. The van der Waals surface area contributed by atoms with E-state index >= 15 is 0 Å². The Kier molecular flexibility index (Phi) is 2.73. The van der Waals surface area contributed by atoms with Gasteiger partial charge in [-0.3, -0.25) is 4.98 Å². The van der Waals surface area contributed by atoms with Crippen LogP contribution in [0.1, 0.15) is 0 Å². The van der Waals surface area contributed by atoms with Gasteiger partial charge in [0, 0.05) is 6.20 Å². The number of nitrogens with zero attached hydrogens (tertiary/aromatic N) is 1. The second kappa shape index (κ2) is 3.60. The molecule has 3 nitrogen and oxygen atoms in total. The summed E-state index contributed by atoms with van der Waals surface area (Å²) in [6, 6.07) is 1.85. The molecule has 0 aliphatic carbocycles. The van der Waals surface area contributed by atoms with E-state index in [0.717, 1.165) is 11.4 Å². The van der Waals surface area contributed by atoms with Gasteiger partial charge in [-0.05, 0) is 6.07 Å². The van der Waals surface area contributed by atoms with Gasteiger partial charge in [-0.1, -0.05) is 0 Å². The summed E-state index contributed by atoms with van der Waals surface area (Å²) in [5.74, 6) is 0.761. The zero-order valence-corrected chi connectivity index (χ0v) is 7.62. The Hall–Kier alpha value is -0.520. The Bertz CT molecular complexity index is 194. The number of aromatic nitrogens is 1. The van der Waals surface area contributed by atoms with Gasteiger partial charge in [0.1, 0.15) is 0 Å². The van der Waals surface area contributed by atoms with E-state index in [1.807, 2.05) is 28.9 Å². The Morgan fingerprint density at radius 3 is 3.00 bits per heavy atom. The molecule has 0 spiro atoms. The van der Waals surface area contributed by atoms with Crippen LogP contribution in [0.25, 0.3) is 0 Å². The van der Waals surface area contributed by atoms with E-state index in [1.54, 1.807) is 19.5 Å². The SMILES string of the molecule is COc1cnccc1NI. The van der Waals surface area contributed by atoms with E-state index in [2.05, 4.69) is 8.51 Å². The van der Waals surface area contributed by atoms with Crippen LogP contribution in [-0.4, -0.2) is 12.1 Å². The molecule has 0 aliphatic heterocycles. The smallest absolute Gasteiger partial charge is 0.160 e. The van der Waals surface area contributed by atoms with Crippen molar-refractivity contribution in [2.75, 3.05) is 10.6 Å². The highest BCUT2D eigenvalue weighted by Crippen LogP contribution is 2.22. The van der Waals surface area contributed by atoms with Crippen molar-refractivity contribution in [3.05, 3.63) is 18.5 Å². The third kappa shape index (κ3) is 1.50. The Morgan fingerprint density at radius 2 is 2.50 bits per heavy atom. The van der Waals surface area contributed by atoms with Crippen LogP contribution in [0.5, 0.6) is 5.75 Å². The molecule has 0 fully saturated rings. The molecule has 0 radical (unpaired) electrons. The zero-order valence-electron chi connectivity index (χ0n) is 5.47. The molecule has 1 aromatic heterocycles. The van der Waals surface area contributed by atoms with E-state index < -0.39 is 0 Å². The molecular formula is C6H7IN2O. The topological polar surface area (TPSA) is 34.1 Å². The van der Waals surface area contributed by atoms with Gasteiger partial charge in [0.25, 0.3) is 0 Å². The second-order valence-electron chi connectivity index (χ2n) is 1.67. The minimum atomic E-state index is 0.761. The van der Waals surface area contributed by atoms with Crippen LogP contribution in [0.2, 0.25) is 0 Å². The van der Waals surface area contributed by atoms with Gasteiger partial charge in [0.05, 0.1) is 41.9 Å². The molecule has 1 N–H and O–H groups in total. The molecule has 1 aromatic rings. The molecule has 0 aliphatic rings. The Balaban J connectivity index is 2.96. The summed E-state index contributed by atoms with van der Waals surface area (Å²) in [6.07, 6.45) is 3.38. The predicted molar refractivity (Wildman–Crippen MR) is 48.4 cm³/mol. The largest absolute Gasteiger partial charge is 0.493 e. The lowest BCUT2D eigenvalue weighted by molar-refractivity contribution is 0.415. The van der Waals surface area contributed by atoms with Gasteiger partial charge in [-0.2, -0.15) is 0 Å². The molecule has 0 aromatic carbocycles. The minimum absolute atomic E-state index is 0.761. The highest BCUT2D eigenvalue weighted by molar-refractivity contribution is 14.1. The highest BCUT2D eigenvalue weighted by Gasteiger charge is 1.97. The third-order valence-corrected chi connectivity index (χ3v) is 1.69.